The molecule has 7 atom stereocenters. The van der Waals surface area contributed by atoms with Crippen LogP contribution in [-0.2, 0) is 0 Å². The van der Waals surface area contributed by atoms with Crippen LogP contribution in [0.4, 0.5) is 0 Å². The van der Waals surface area contributed by atoms with E-state index in [1.165, 1.54) is 71.6 Å². The molecule has 1 heterocycles. The molecule has 3 nitrogen and oxygen atoms in total. The van der Waals surface area contributed by atoms with Crippen molar-refractivity contribution in [2.75, 3.05) is 7.05 Å². The van der Waals surface area contributed by atoms with Gasteiger partial charge in [-0.05, 0) is 97.8 Å². The molecule has 0 aromatic heterocycles. The first-order valence-electron chi connectivity index (χ1n) is 20.9. The topological polar surface area (TPSA) is 27.3 Å². The van der Waals surface area contributed by atoms with Crippen LogP contribution >= 0.6 is 0 Å². The summed E-state index contributed by atoms with van der Waals surface area (Å²) in [7, 11) is 2.30. The van der Waals surface area contributed by atoms with Crippen LogP contribution in [0.3, 0.4) is 0 Å². The summed E-state index contributed by atoms with van der Waals surface area (Å²) in [6, 6.07) is 35.9. The molecule has 0 radical (unpaired) electrons. The number of rotatable bonds is 6. The minimum absolute atomic E-state index is 0.0243. The lowest BCUT2D eigenvalue weighted by Gasteiger charge is -2.45. The largest absolute Gasteiger partial charge is 0.378 e. The zero-order valence-electron chi connectivity index (χ0n) is 32.7. The summed E-state index contributed by atoms with van der Waals surface area (Å²) in [5, 5.41) is 15.9. The number of hydrogen-bond donors (Lipinski definition) is 2. The van der Waals surface area contributed by atoms with Gasteiger partial charge in [0.25, 0.3) is 0 Å². The molecule has 11 rings (SSSR count). The Hall–Kier alpha value is -6.42. The number of hydrogen-bond acceptors (Lipinski definition) is 3. The average molecular weight is 750 g/mol. The van der Waals surface area contributed by atoms with Gasteiger partial charge in [0.1, 0.15) is 6.17 Å². The number of nitrogens with zero attached hydrogens (tertiary/aromatic N) is 1. The van der Waals surface area contributed by atoms with Gasteiger partial charge >= 0.3 is 0 Å². The highest BCUT2D eigenvalue weighted by Gasteiger charge is 2.39. The fraction of sp³-hybridized carbons (Fsp3) is 0.164. The summed E-state index contributed by atoms with van der Waals surface area (Å²) < 4.78 is 0. The van der Waals surface area contributed by atoms with E-state index in [4.69, 9.17) is 0 Å². The number of fused-ring (bicyclic) bond motifs is 8. The first kappa shape index (κ1) is 34.8. The molecular weight excluding hydrogens is 703 g/mol. The second-order valence-corrected chi connectivity index (χ2v) is 16.5. The third kappa shape index (κ3) is 6.01. The third-order valence-corrected chi connectivity index (χ3v) is 13.3. The summed E-state index contributed by atoms with van der Waals surface area (Å²) in [4.78, 5) is 2.57. The minimum Gasteiger partial charge on any atom is -0.378 e. The van der Waals surface area contributed by atoms with Crippen molar-refractivity contribution < 1.29 is 0 Å². The van der Waals surface area contributed by atoms with Gasteiger partial charge in [-0.2, -0.15) is 0 Å². The molecular formula is C55H47N3. The van der Waals surface area contributed by atoms with Gasteiger partial charge in [-0.25, -0.2) is 0 Å². The maximum atomic E-state index is 4.02. The number of likely N-dealkylation sites (N-methyl/N-ethyl adjacent to an activating group) is 1. The summed E-state index contributed by atoms with van der Waals surface area (Å²) in [6.07, 6.45) is 40.5. The average Bonchev–Trinajstić information content (AvgIpc) is 3.29. The quantitative estimate of drug-likeness (QED) is 0.169. The van der Waals surface area contributed by atoms with E-state index in [9.17, 15) is 0 Å². The van der Waals surface area contributed by atoms with Gasteiger partial charge in [-0.3, -0.25) is 4.90 Å². The monoisotopic (exact) mass is 749 g/mol. The van der Waals surface area contributed by atoms with E-state index in [2.05, 4.69) is 223 Å². The Labute approximate surface area is 341 Å². The van der Waals surface area contributed by atoms with E-state index in [-0.39, 0.29) is 24.2 Å². The summed E-state index contributed by atoms with van der Waals surface area (Å²) in [5.41, 5.74) is 9.15. The van der Waals surface area contributed by atoms with Crippen molar-refractivity contribution >= 4 is 38.0 Å². The Kier molecular flexibility index (Phi) is 8.70. The number of benzene rings is 5. The van der Waals surface area contributed by atoms with E-state index in [1.54, 1.807) is 0 Å². The highest BCUT2D eigenvalue weighted by Crippen LogP contribution is 2.44. The Morgan fingerprint density at radius 3 is 2.22 bits per heavy atom. The van der Waals surface area contributed by atoms with E-state index in [0.29, 0.717) is 17.8 Å². The second kappa shape index (κ2) is 14.5. The molecule has 0 fully saturated rings. The molecule has 1 aliphatic heterocycles. The van der Waals surface area contributed by atoms with E-state index < -0.39 is 0 Å². The Balaban J connectivity index is 0.908. The lowest BCUT2D eigenvalue weighted by Crippen LogP contribution is -2.54. The fourth-order valence-electron chi connectivity index (χ4n) is 10.4. The summed E-state index contributed by atoms with van der Waals surface area (Å²) in [5.74, 6) is 1.20. The van der Waals surface area contributed by atoms with E-state index in [1.807, 2.05) is 0 Å². The maximum absolute atomic E-state index is 4.02. The van der Waals surface area contributed by atoms with Crippen LogP contribution in [0.1, 0.15) is 23.5 Å². The second-order valence-electron chi connectivity index (χ2n) is 16.5. The number of nitrogens with one attached hydrogen (secondary N) is 2. The van der Waals surface area contributed by atoms with E-state index in [0.717, 1.165) is 6.42 Å². The molecule has 6 aliphatic rings. The molecule has 0 spiro atoms. The van der Waals surface area contributed by atoms with Gasteiger partial charge in [0.2, 0.25) is 0 Å². The lowest BCUT2D eigenvalue weighted by atomic mass is 9.71. The van der Waals surface area contributed by atoms with Crippen LogP contribution in [0, 0.1) is 17.8 Å². The molecule has 3 heteroatoms. The molecule has 2 N–H and O–H groups in total. The van der Waals surface area contributed by atoms with Crippen LogP contribution in [0.5, 0.6) is 0 Å². The van der Waals surface area contributed by atoms with Gasteiger partial charge < -0.3 is 10.6 Å². The van der Waals surface area contributed by atoms with Crippen molar-refractivity contribution in [1.29, 1.82) is 0 Å². The zero-order valence-corrected chi connectivity index (χ0v) is 32.7. The smallest absolute Gasteiger partial charge is 0.106 e. The SMILES string of the molecule is CN1C(C2=C3C=CC=CC3C3C=CC=CC3=C2)NC(c2ccccc2)=CC1C1C=CC(NC2C=CC=CC2c2cc3ccccc3c3ccc4ccccc4c23)=CC1. The molecule has 0 saturated heterocycles. The molecule has 58 heavy (non-hydrogen) atoms. The Morgan fingerprint density at radius 2 is 1.36 bits per heavy atom. The van der Waals surface area contributed by atoms with Gasteiger partial charge in [-0.15, -0.1) is 0 Å². The van der Waals surface area contributed by atoms with Crippen molar-refractivity contribution in [3.63, 3.8) is 0 Å². The normalized spacial score (nSPS) is 27.3. The van der Waals surface area contributed by atoms with Crippen LogP contribution in [-0.4, -0.2) is 30.2 Å². The first-order valence-corrected chi connectivity index (χ1v) is 20.9. The molecule has 5 aliphatic carbocycles. The fourth-order valence-corrected chi connectivity index (χ4v) is 10.4. The molecule has 5 aromatic rings. The minimum atomic E-state index is 0.0243. The van der Waals surface area contributed by atoms with Gasteiger partial charge in [0.15, 0.2) is 0 Å². The van der Waals surface area contributed by atoms with Crippen molar-refractivity contribution in [3.8, 4) is 0 Å². The van der Waals surface area contributed by atoms with Crippen molar-refractivity contribution in [2.24, 2.45) is 17.8 Å². The van der Waals surface area contributed by atoms with Crippen molar-refractivity contribution in [2.45, 2.75) is 30.6 Å². The molecule has 282 valence electrons. The van der Waals surface area contributed by atoms with Crippen LogP contribution in [0.15, 0.2) is 223 Å². The van der Waals surface area contributed by atoms with Crippen LogP contribution in [0.25, 0.3) is 38.0 Å². The number of allylic oxidation sites excluding steroid dienone is 14. The zero-order chi connectivity index (χ0) is 38.6. The van der Waals surface area contributed by atoms with Crippen LogP contribution < -0.4 is 10.6 Å². The van der Waals surface area contributed by atoms with Crippen LogP contribution in [0.2, 0.25) is 0 Å². The summed E-state index contributed by atoms with van der Waals surface area (Å²) in [6.45, 7) is 0. The molecule has 0 bridgehead atoms. The molecule has 5 aromatic carbocycles. The maximum Gasteiger partial charge on any atom is 0.106 e. The lowest BCUT2D eigenvalue weighted by molar-refractivity contribution is 0.169. The summed E-state index contributed by atoms with van der Waals surface area (Å²) >= 11 is 0. The molecule has 0 saturated carbocycles. The Morgan fingerprint density at radius 1 is 0.621 bits per heavy atom. The van der Waals surface area contributed by atoms with Gasteiger partial charge in [-0.1, -0.05) is 182 Å². The molecule has 7 unspecified atom stereocenters. The predicted octanol–water partition coefficient (Wildman–Crippen LogP) is 11.8. The van der Waals surface area contributed by atoms with E-state index >= 15 is 0 Å². The van der Waals surface area contributed by atoms with Gasteiger partial charge in [0, 0.05) is 35.2 Å². The standard InChI is InChI=1S/C55H47N3/c1-58-53(35-52(37-16-3-2-4-17-37)57-55(58)50-34-40-19-6-8-20-42(40)45-23-11-12-24-46(45)50)38-27-30-41(31-28-38)56-51-26-14-13-25-47(51)49-33-39-18-7-9-21-43(39)48-32-29-36-15-5-10-22-44(36)54(48)49/h2-27,29-35,38,42,45,47,51,53,55-57H,28H2,1H3. The predicted molar refractivity (Wildman–Crippen MR) is 244 cm³/mol. The Bertz CT molecular complexity index is 2820. The van der Waals surface area contributed by atoms with Crippen molar-refractivity contribution in [3.05, 3.63) is 234 Å². The third-order valence-electron chi connectivity index (χ3n) is 13.3. The van der Waals surface area contributed by atoms with Gasteiger partial charge in [0.05, 0.1) is 6.04 Å². The highest BCUT2D eigenvalue weighted by molar-refractivity contribution is 6.19. The van der Waals surface area contributed by atoms with Crippen molar-refractivity contribution in [1.82, 2.24) is 15.5 Å². The first-order chi connectivity index (χ1) is 28.7. The highest BCUT2D eigenvalue weighted by atomic mass is 15.3. The molecule has 0 amide bonds.